The van der Waals surface area contributed by atoms with Crippen molar-refractivity contribution in [3.05, 3.63) is 182 Å². The van der Waals surface area contributed by atoms with Crippen molar-refractivity contribution in [1.82, 2.24) is 0 Å². The molecular weight excluding hydrogens is 861 g/mol. The number of aliphatic hydroxyl groups is 1. The van der Waals surface area contributed by atoms with Crippen molar-refractivity contribution in [2.75, 3.05) is 13.2 Å². The molecular formula is C65H98O5. The zero-order valence-electron chi connectivity index (χ0n) is 44.2. The second-order valence-electron chi connectivity index (χ2n) is 17.2. The summed E-state index contributed by atoms with van der Waals surface area (Å²) in [7, 11) is 0. The Morgan fingerprint density at radius 1 is 0.329 bits per heavy atom. The summed E-state index contributed by atoms with van der Waals surface area (Å²) in [5, 5.41) is 9.64. The molecule has 0 fully saturated rings. The molecule has 0 heterocycles. The summed E-state index contributed by atoms with van der Waals surface area (Å²) in [4.78, 5) is 24.5. The van der Waals surface area contributed by atoms with Crippen LogP contribution < -0.4 is 0 Å². The minimum atomic E-state index is -0.817. The highest BCUT2D eigenvalue weighted by atomic mass is 16.6. The van der Waals surface area contributed by atoms with Gasteiger partial charge in [-0.15, -0.1) is 0 Å². The summed E-state index contributed by atoms with van der Waals surface area (Å²) in [6.07, 6.45) is 92.7. The Kier molecular flexibility index (Phi) is 54.1. The van der Waals surface area contributed by atoms with Gasteiger partial charge >= 0.3 is 11.9 Å². The molecule has 0 rings (SSSR count). The predicted molar refractivity (Wildman–Crippen MR) is 306 cm³/mol. The highest BCUT2D eigenvalue weighted by Crippen LogP contribution is 2.12. The highest BCUT2D eigenvalue weighted by Gasteiger charge is 2.16. The first-order valence-electron chi connectivity index (χ1n) is 27.3. The van der Waals surface area contributed by atoms with Crippen molar-refractivity contribution in [3.63, 3.8) is 0 Å². The Labute approximate surface area is 429 Å². The van der Waals surface area contributed by atoms with Gasteiger partial charge in [-0.05, 0) is 135 Å². The molecule has 5 nitrogen and oxygen atoms in total. The van der Waals surface area contributed by atoms with Crippen LogP contribution in [0.25, 0.3) is 0 Å². The van der Waals surface area contributed by atoms with E-state index in [1.807, 2.05) is 0 Å². The molecule has 0 bridgehead atoms. The van der Waals surface area contributed by atoms with Crippen molar-refractivity contribution < 1.29 is 24.2 Å². The molecule has 5 heteroatoms. The van der Waals surface area contributed by atoms with Crippen LogP contribution in [0.1, 0.15) is 194 Å². The molecule has 70 heavy (non-hydrogen) atoms. The number of unbranched alkanes of at least 4 members (excludes halogenated alkanes) is 9. The van der Waals surface area contributed by atoms with Gasteiger partial charge in [-0.3, -0.25) is 9.59 Å². The Balaban J connectivity index is 3.72. The topological polar surface area (TPSA) is 72.8 Å². The summed E-state index contributed by atoms with van der Waals surface area (Å²) in [5.74, 6) is -0.672. The van der Waals surface area contributed by atoms with E-state index >= 15 is 0 Å². The Morgan fingerprint density at radius 3 is 0.886 bits per heavy atom. The third kappa shape index (κ3) is 55.6. The van der Waals surface area contributed by atoms with Crippen LogP contribution in [0.4, 0.5) is 0 Å². The zero-order chi connectivity index (χ0) is 50.6. The van der Waals surface area contributed by atoms with Crippen molar-refractivity contribution in [2.24, 2.45) is 0 Å². The third-order valence-electron chi connectivity index (χ3n) is 10.7. The van der Waals surface area contributed by atoms with Crippen LogP contribution in [-0.2, 0) is 19.1 Å². The van der Waals surface area contributed by atoms with Crippen LogP contribution in [0.2, 0.25) is 0 Å². The molecule has 0 aromatic heterocycles. The van der Waals surface area contributed by atoms with Gasteiger partial charge in [0.25, 0.3) is 0 Å². The fraction of sp³-hybridized carbons (Fsp3) is 0.508. The second-order valence-corrected chi connectivity index (χ2v) is 17.2. The lowest BCUT2D eigenvalue weighted by molar-refractivity contribution is -0.161. The standard InChI is InChI=1S/C65H98O5/c1-3-5-7-9-11-13-15-17-19-21-23-25-27-28-29-30-31-32-33-34-35-36-38-40-42-44-46-48-50-52-54-56-58-60-65(68)70-63(61-66)62-69-64(67)59-57-55-53-51-49-47-45-43-41-39-37-26-24-22-20-18-16-14-12-10-8-6-4-2/h5-8,11-14,17-20,23-26,28-29,31-32,34-35,38-41,44,46,50,52,63,66H,3-4,9-10,15-16,21-22,27,30,33,36-37,42-43,45,47-49,51,53-62H2,1-2H3/b7-5-,8-6-,13-11-,14-12-,19-17-,20-18-,25-23-,26-24-,29-28-,32-31-,35-34-,40-38-,41-39-,46-44-,52-50-. The minimum absolute atomic E-state index is 0.103. The van der Waals surface area contributed by atoms with E-state index in [9.17, 15) is 14.7 Å². The molecule has 1 N–H and O–H groups in total. The smallest absolute Gasteiger partial charge is 0.306 e. The fourth-order valence-electron chi connectivity index (χ4n) is 6.67. The second kappa shape index (κ2) is 58.3. The molecule has 1 unspecified atom stereocenters. The summed E-state index contributed by atoms with van der Waals surface area (Å²) in [6, 6.07) is 0. The number of aliphatic hydroxyl groups excluding tert-OH is 1. The lowest BCUT2D eigenvalue weighted by atomic mass is 10.1. The first-order chi connectivity index (χ1) is 34.6. The monoisotopic (exact) mass is 959 g/mol. The number of carbonyl (C=O) groups is 2. The first kappa shape index (κ1) is 65.0. The SMILES string of the molecule is CC/C=C\C/C=C\C/C=C\C/C=C\C/C=C\C/C=C\C/C=C\C/C=C\C/C=C\C/C=C\CCCCC(=O)OC(CO)COC(=O)CCCCCCCCC/C=C\C/C=C\C/C=C\C/C=C\C/C=C\CC. The number of hydrogen-bond acceptors (Lipinski definition) is 5. The normalized spacial score (nSPS) is 13.7. The number of esters is 2. The minimum Gasteiger partial charge on any atom is -0.462 e. The molecule has 0 aliphatic heterocycles. The number of ether oxygens (including phenoxy) is 2. The number of hydrogen-bond donors (Lipinski definition) is 1. The van der Waals surface area contributed by atoms with Gasteiger partial charge in [-0.2, -0.15) is 0 Å². The predicted octanol–water partition coefficient (Wildman–Crippen LogP) is 18.7. The van der Waals surface area contributed by atoms with Gasteiger partial charge in [0.2, 0.25) is 0 Å². The number of carbonyl (C=O) groups excluding carboxylic acids is 2. The van der Waals surface area contributed by atoms with Crippen LogP contribution in [-0.4, -0.2) is 36.4 Å². The summed E-state index contributed by atoms with van der Waals surface area (Å²) >= 11 is 0. The molecule has 1 atom stereocenters. The van der Waals surface area contributed by atoms with Gasteiger partial charge in [0.15, 0.2) is 6.10 Å². The van der Waals surface area contributed by atoms with E-state index in [1.54, 1.807) is 0 Å². The van der Waals surface area contributed by atoms with Crippen LogP contribution in [0.15, 0.2) is 182 Å². The maximum atomic E-state index is 12.3. The number of rotatable bonds is 47. The van der Waals surface area contributed by atoms with Gasteiger partial charge < -0.3 is 14.6 Å². The average molecular weight is 959 g/mol. The van der Waals surface area contributed by atoms with Crippen LogP contribution in [0, 0.1) is 0 Å². The van der Waals surface area contributed by atoms with Gasteiger partial charge in [0.1, 0.15) is 6.61 Å². The maximum absolute atomic E-state index is 12.3. The Hall–Kier alpha value is -5.00. The Bertz CT molecular complexity index is 1650. The van der Waals surface area contributed by atoms with Gasteiger partial charge in [0.05, 0.1) is 6.61 Å². The van der Waals surface area contributed by atoms with Crippen molar-refractivity contribution >= 4 is 11.9 Å². The molecule has 0 aliphatic rings. The first-order valence-corrected chi connectivity index (χ1v) is 27.3. The van der Waals surface area contributed by atoms with Gasteiger partial charge in [-0.25, -0.2) is 0 Å². The van der Waals surface area contributed by atoms with Crippen LogP contribution in [0.3, 0.4) is 0 Å². The van der Waals surface area contributed by atoms with E-state index in [4.69, 9.17) is 9.47 Å². The largest absolute Gasteiger partial charge is 0.462 e. The average Bonchev–Trinajstić information content (AvgIpc) is 3.36. The molecule has 0 saturated carbocycles. The molecule has 0 aromatic carbocycles. The molecule has 0 spiro atoms. The van der Waals surface area contributed by atoms with E-state index in [0.29, 0.717) is 12.8 Å². The lowest BCUT2D eigenvalue weighted by Gasteiger charge is -2.15. The van der Waals surface area contributed by atoms with Crippen LogP contribution >= 0.6 is 0 Å². The van der Waals surface area contributed by atoms with E-state index in [0.717, 1.165) is 135 Å². The van der Waals surface area contributed by atoms with Crippen molar-refractivity contribution in [2.45, 2.75) is 200 Å². The molecule has 0 amide bonds. The van der Waals surface area contributed by atoms with Crippen LogP contribution in [0.5, 0.6) is 0 Å². The fourth-order valence-corrected chi connectivity index (χ4v) is 6.67. The van der Waals surface area contributed by atoms with Crippen molar-refractivity contribution in [1.29, 1.82) is 0 Å². The maximum Gasteiger partial charge on any atom is 0.306 e. The highest BCUT2D eigenvalue weighted by molar-refractivity contribution is 5.70. The van der Waals surface area contributed by atoms with E-state index < -0.39 is 6.10 Å². The van der Waals surface area contributed by atoms with Gasteiger partial charge in [-0.1, -0.05) is 228 Å². The molecule has 0 radical (unpaired) electrons. The van der Waals surface area contributed by atoms with E-state index in [2.05, 4.69) is 196 Å². The number of allylic oxidation sites excluding steroid dienone is 30. The molecule has 0 saturated heterocycles. The zero-order valence-corrected chi connectivity index (χ0v) is 44.2. The van der Waals surface area contributed by atoms with E-state index in [1.165, 1.54) is 25.7 Å². The van der Waals surface area contributed by atoms with Crippen molar-refractivity contribution in [3.8, 4) is 0 Å². The summed E-state index contributed by atoms with van der Waals surface area (Å²) < 4.78 is 10.6. The molecule has 0 aliphatic carbocycles. The summed E-state index contributed by atoms with van der Waals surface area (Å²) in [5.41, 5.74) is 0. The van der Waals surface area contributed by atoms with Gasteiger partial charge in [0, 0.05) is 12.8 Å². The molecule has 0 aromatic rings. The summed E-state index contributed by atoms with van der Waals surface area (Å²) in [6.45, 7) is 3.85. The quantitative estimate of drug-likeness (QED) is 0.0374. The Morgan fingerprint density at radius 2 is 0.571 bits per heavy atom. The van der Waals surface area contributed by atoms with E-state index in [-0.39, 0.29) is 31.6 Å². The lowest BCUT2D eigenvalue weighted by Crippen LogP contribution is -2.28. The molecule has 388 valence electrons. The third-order valence-corrected chi connectivity index (χ3v) is 10.7.